The Labute approximate surface area is 225 Å². The number of rotatable bonds is 9. The molecule has 0 aliphatic carbocycles. The van der Waals surface area contributed by atoms with Crippen molar-refractivity contribution in [1.82, 2.24) is 0 Å². The Morgan fingerprint density at radius 1 is 0.359 bits per heavy atom. The lowest BCUT2D eigenvalue weighted by Gasteiger charge is -2.04. The molecule has 4 aromatic carbocycles. The highest BCUT2D eigenvalue weighted by atomic mass is 16.4. The number of carbonyl (C=O) groups is 3. The molecule has 0 radical (unpaired) electrons. The van der Waals surface area contributed by atoms with Gasteiger partial charge in [0.25, 0.3) is 0 Å². The van der Waals surface area contributed by atoms with E-state index in [0.29, 0.717) is 0 Å². The van der Waals surface area contributed by atoms with Crippen molar-refractivity contribution in [3.05, 3.63) is 141 Å². The second-order valence-electron chi connectivity index (χ2n) is 8.71. The maximum absolute atomic E-state index is 11.1. The van der Waals surface area contributed by atoms with Crippen LogP contribution in [0.15, 0.2) is 91.0 Å². The first kappa shape index (κ1) is 26.6. The maximum Gasteiger partial charge on any atom is 0.335 e. The molecule has 0 aliphatic heterocycles. The molecule has 0 fully saturated rings. The Hall–Kier alpha value is -5.49. The number of hydrogen-bond acceptors (Lipinski definition) is 3. The third kappa shape index (κ3) is 7.50. The Morgan fingerprint density at radius 3 is 0.769 bits per heavy atom. The van der Waals surface area contributed by atoms with Gasteiger partial charge in [-0.1, -0.05) is 72.9 Å². The van der Waals surface area contributed by atoms with Crippen molar-refractivity contribution in [3.63, 3.8) is 0 Å². The molecule has 4 aromatic rings. The van der Waals surface area contributed by atoms with Crippen LogP contribution in [0.5, 0.6) is 0 Å². The molecule has 0 aliphatic rings. The Balaban J connectivity index is 1.63. The van der Waals surface area contributed by atoms with Crippen LogP contribution in [0.2, 0.25) is 0 Å². The molecule has 39 heavy (non-hydrogen) atoms. The molecule has 0 saturated heterocycles. The Kier molecular flexibility index (Phi) is 8.29. The summed E-state index contributed by atoms with van der Waals surface area (Å²) in [6, 6.07) is 25.8. The first-order chi connectivity index (χ1) is 18.8. The minimum Gasteiger partial charge on any atom is -0.478 e. The van der Waals surface area contributed by atoms with Gasteiger partial charge in [0.2, 0.25) is 0 Å². The van der Waals surface area contributed by atoms with E-state index < -0.39 is 17.9 Å². The van der Waals surface area contributed by atoms with Crippen molar-refractivity contribution in [2.24, 2.45) is 0 Å². The molecule has 192 valence electrons. The minimum absolute atomic E-state index is 0.222. The zero-order chi connectivity index (χ0) is 27.8. The molecular weight excluding hydrogens is 492 g/mol. The molecule has 0 spiro atoms. The first-order valence-corrected chi connectivity index (χ1v) is 12.0. The summed E-state index contributed by atoms with van der Waals surface area (Å²) < 4.78 is 0. The molecule has 0 bridgehead atoms. The smallest absolute Gasteiger partial charge is 0.335 e. The maximum atomic E-state index is 11.1. The third-order valence-corrected chi connectivity index (χ3v) is 5.88. The summed E-state index contributed by atoms with van der Waals surface area (Å²) in [5.74, 6) is -2.93. The fourth-order valence-corrected chi connectivity index (χ4v) is 3.78. The quantitative estimate of drug-likeness (QED) is 0.201. The predicted octanol–water partition coefficient (Wildman–Crippen LogP) is 7.29. The number of carboxylic acid groups (broad SMARTS) is 3. The highest BCUT2D eigenvalue weighted by Gasteiger charge is 2.03. The summed E-state index contributed by atoms with van der Waals surface area (Å²) in [6.45, 7) is 0. The summed E-state index contributed by atoms with van der Waals surface area (Å²) in [5, 5.41) is 27.3. The third-order valence-electron chi connectivity index (χ3n) is 5.88. The molecule has 0 heterocycles. The standard InChI is InChI=1S/C33H24O6/c34-31(35)28-13-7-22(8-14-28)1-4-25-19-26(5-2-23-9-15-29(16-10-23)32(36)37)21-27(20-25)6-3-24-11-17-30(18-12-24)33(38)39/h1-21H,(H,34,35)(H,36,37)(H,38,39). The van der Waals surface area contributed by atoms with Gasteiger partial charge in [-0.05, 0) is 88.0 Å². The summed E-state index contributed by atoms with van der Waals surface area (Å²) in [5.41, 5.74) is 5.99. The van der Waals surface area contributed by atoms with E-state index >= 15 is 0 Å². The fourth-order valence-electron chi connectivity index (χ4n) is 3.78. The molecular formula is C33H24O6. The highest BCUT2D eigenvalue weighted by molar-refractivity contribution is 5.89. The molecule has 6 heteroatoms. The van der Waals surface area contributed by atoms with Gasteiger partial charge in [0, 0.05) is 0 Å². The van der Waals surface area contributed by atoms with Gasteiger partial charge in [0.05, 0.1) is 16.7 Å². The lowest BCUT2D eigenvalue weighted by molar-refractivity contribution is 0.0686. The van der Waals surface area contributed by atoms with Gasteiger partial charge in [0.15, 0.2) is 0 Å². The van der Waals surface area contributed by atoms with Crippen molar-refractivity contribution in [2.75, 3.05) is 0 Å². The second kappa shape index (κ2) is 12.2. The van der Waals surface area contributed by atoms with Crippen LogP contribution in [-0.2, 0) is 0 Å². The average molecular weight is 517 g/mol. The largest absolute Gasteiger partial charge is 0.478 e. The molecule has 6 nitrogen and oxygen atoms in total. The summed E-state index contributed by atoms with van der Waals surface area (Å²) in [4.78, 5) is 33.3. The van der Waals surface area contributed by atoms with E-state index in [-0.39, 0.29) is 16.7 Å². The topological polar surface area (TPSA) is 112 Å². The van der Waals surface area contributed by atoms with Gasteiger partial charge in [-0.3, -0.25) is 0 Å². The van der Waals surface area contributed by atoms with Crippen molar-refractivity contribution in [3.8, 4) is 0 Å². The van der Waals surface area contributed by atoms with Crippen LogP contribution in [0.3, 0.4) is 0 Å². The van der Waals surface area contributed by atoms with Gasteiger partial charge in [0.1, 0.15) is 0 Å². The Bertz CT molecular complexity index is 1380. The summed E-state index contributed by atoms with van der Waals surface area (Å²) in [7, 11) is 0. The monoisotopic (exact) mass is 516 g/mol. The highest BCUT2D eigenvalue weighted by Crippen LogP contribution is 2.19. The second-order valence-corrected chi connectivity index (χ2v) is 8.71. The van der Waals surface area contributed by atoms with E-state index in [0.717, 1.165) is 33.4 Å². The number of carboxylic acids is 3. The molecule has 0 atom stereocenters. The number of hydrogen-bond donors (Lipinski definition) is 3. The van der Waals surface area contributed by atoms with Gasteiger partial charge in [-0.2, -0.15) is 0 Å². The zero-order valence-electron chi connectivity index (χ0n) is 20.7. The van der Waals surface area contributed by atoms with Crippen molar-refractivity contribution < 1.29 is 29.7 Å². The molecule has 3 N–H and O–H groups in total. The lowest BCUT2D eigenvalue weighted by Crippen LogP contribution is -1.94. The zero-order valence-corrected chi connectivity index (χ0v) is 20.7. The van der Waals surface area contributed by atoms with Crippen LogP contribution in [0, 0.1) is 0 Å². The van der Waals surface area contributed by atoms with Crippen molar-refractivity contribution in [1.29, 1.82) is 0 Å². The van der Waals surface area contributed by atoms with Crippen LogP contribution in [-0.4, -0.2) is 33.2 Å². The van der Waals surface area contributed by atoms with E-state index in [9.17, 15) is 14.4 Å². The van der Waals surface area contributed by atoms with E-state index in [1.807, 2.05) is 54.7 Å². The van der Waals surface area contributed by atoms with E-state index in [4.69, 9.17) is 15.3 Å². The van der Waals surface area contributed by atoms with Crippen LogP contribution in [0.1, 0.15) is 64.5 Å². The van der Waals surface area contributed by atoms with Crippen molar-refractivity contribution >= 4 is 54.4 Å². The van der Waals surface area contributed by atoms with Crippen LogP contribution in [0.25, 0.3) is 36.5 Å². The molecule has 0 amide bonds. The van der Waals surface area contributed by atoms with E-state index in [1.165, 1.54) is 0 Å². The summed E-state index contributed by atoms with van der Waals surface area (Å²) >= 11 is 0. The van der Waals surface area contributed by atoms with Crippen LogP contribution >= 0.6 is 0 Å². The number of benzene rings is 4. The van der Waals surface area contributed by atoms with Gasteiger partial charge < -0.3 is 15.3 Å². The lowest BCUT2D eigenvalue weighted by atomic mass is 10.0. The van der Waals surface area contributed by atoms with E-state index in [2.05, 4.69) is 0 Å². The molecule has 0 unspecified atom stereocenters. The van der Waals surface area contributed by atoms with Crippen LogP contribution < -0.4 is 0 Å². The Morgan fingerprint density at radius 2 is 0.564 bits per heavy atom. The van der Waals surface area contributed by atoms with Crippen LogP contribution in [0.4, 0.5) is 0 Å². The predicted molar refractivity (Wildman–Crippen MR) is 153 cm³/mol. The van der Waals surface area contributed by atoms with E-state index in [1.54, 1.807) is 72.8 Å². The first-order valence-electron chi connectivity index (χ1n) is 12.0. The minimum atomic E-state index is -0.975. The van der Waals surface area contributed by atoms with Gasteiger partial charge in [-0.25, -0.2) is 14.4 Å². The molecule has 0 saturated carbocycles. The average Bonchev–Trinajstić information content (AvgIpc) is 2.94. The molecule has 4 rings (SSSR count). The molecule has 0 aromatic heterocycles. The fraction of sp³-hybridized carbons (Fsp3) is 0. The normalized spacial score (nSPS) is 11.4. The SMILES string of the molecule is O=C(O)c1ccc(C=Cc2cc(C=Cc3ccc(C(=O)O)cc3)cc(C=Cc3ccc(C(=O)O)cc3)c2)cc1. The number of aromatic carboxylic acids is 3. The van der Waals surface area contributed by atoms with Crippen molar-refractivity contribution in [2.45, 2.75) is 0 Å². The summed E-state index contributed by atoms with van der Waals surface area (Å²) in [6.07, 6.45) is 11.5. The van der Waals surface area contributed by atoms with Gasteiger partial charge >= 0.3 is 17.9 Å². The van der Waals surface area contributed by atoms with Gasteiger partial charge in [-0.15, -0.1) is 0 Å².